The highest BCUT2D eigenvalue weighted by Gasteiger charge is 2.18. The van der Waals surface area contributed by atoms with Crippen LogP contribution >= 0.6 is 0 Å². The number of amides is 1. The summed E-state index contributed by atoms with van der Waals surface area (Å²) in [5.74, 6) is 0.0825. The number of carbonyl (C=O) groups excluding carboxylic acids is 1. The lowest BCUT2D eigenvalue weighted by Gasteiger charge is -2.22. The fraction of sp³-hybridized carbons (Fsp3) is 0.188. The van der Waals surface area contributed by atoms with Crippen molar-refractivity contribution in [2.45, 2.75) is 19.3 Å². The van der Waals surface area contributed by atoms with Crippen LogP contribution in [0.3, 0.4) is 0 Å². The topological polar surface area (TPSA) is 46.4 Å². The fourth-order valence-electron chi connectivity index (χ4n) is 5.42. The molecule has 4 heteroatoms. The summed E-state index contributed by atoms with van der Waals surface area (Å²) in [4.78, 5) is 19.2. The zero-order valence-electron chi connectivity index (χ0n) is 20.3. The number of hydrogen-bond donors (Lipinski definition) is 2. The van der Waals surface area contributed by atoms with E-state index in [0.29, 0.717) is 6.54 Å². The smallest absolute Gasteiger partial charge is 0.279 e. The summed E-state index contributed by atoms with van der Waals surface area (Å²) in [5, 5.41) is 6.66. The molecular formula is C32H30N3O+. The minimum Gasteiger partial charge on any atom is -0.327 e. The van der Waals surface area contributed by atoms with Gasteiger partial charge in [0.1, 0.15) is 0 Å². The zero-order chi connectivity index (χ0) is 24.3. The van der Waals surface area contributed by atoms with Crippen molar-refractivity contribution in [2.75, 3.05) is 25.0 Å². The maximum atomic E-state index is 12.8. The molecular weight excluding hydrogens is 442 g/mol. The van der Waals surface area contributed by atoms with Crippen LogP contribution in [0.25, 0.3) is 44.1 Å². The number of piperidine rings is 1. The van der Waals surface area contributed by atoms with Crippen LogP contribution in [-0.4, -0.2) is 30.5 Å². The lowest BCUT2D eigenvalue weighted by Crippen LogP contribution is -3.13. The van der Waals surface area contributed by atoms with Crippen LogP contribution in [0, 0.1) is 0 Å². The van der Waals surface area contributed by atoms with Gasteiger partial charge in [-0.2, -0.15) is 0 Å². The first-order valence-corrected chi connectivity index (χ1v) is 12.9. The molecule has 0 atom stereocenters. The van der Waals surface area contributed by atoms with Crippen LogP contribution in [-0.2, 0) is 4.79 Å². The van der Waals surface area contributed by atoms with Crippen molar-refractivity contribution < 1.29 is 9.69 Å². The van der Waals surface area contributed by atoms with E-state index in [4.69, 9.17) is 4.98 Å². The lowest BCUT2D eigenvalue weighted by molar-refractivity contribution is -0.896. The molecule has 4 nitrogen and oxygen atoms in total. The first-order valence-electron chi connectivity index (χ1n) is 12.9. The molecule has 1 aliphatic heterocycles. The standard InChI is InChI=1S/C32H29N3O/c36-31(22-35-18-7-2-8-19-35)33-26-14-9-13-25(20-26)28-21-30(24-11-3-1-4-12-24)34-29-17-16-23-10-5-6-15-27(23)32(28)29/h1,3-6,9-17,20-21H,2,7-8,18-19,22H2,(H,33,36)/p+1. The van der Waals surface area contributed by atoms with Gasteiger partial charge in [0.25, 0.3) is 5.91 Å². The van der Waals surface area contributed by atoms with Crippen molar-refractivity contribution >= 4 is 33.3 Å². The number of quaternary nitrogens is 1. The molecule has 0 unspecified atom stereocenters. The highest BCUT2D eigenvalue weighted by atomic mass is 16.2. The molecule has 0 saturated carbocycles. The van der Waals surface area contributed by atoms with Crippen molar-refractivity contribution in [1.29, 1.82) is 0 Å². The van der Waals surface area contributed by atoms with Gasteiger partial charge in [0, 0.05) is 16.6 Å². The van der Waals surface area contributed by atoms with Gasteiger partial charge in [-0.3, -0.25) is 4.79 Å². The van der Waals surface area contributed by atoms with Crippen LogP contribution in [0.4, 0.5) is 5.69 Å². The molecule has 0 aliphatic carbocycles. The molecule has 4 aromatic carbocycles. The van der Waals surface area contributed by atoms with Crippen molar-refractivity contribution in [3.05, 3.63) is 97.1 Å². The third-order valence-corrected chi connectivity index (χ3v) is 7.20. The Kier molecular flexibility index (Phi) is 6.18. The molecule has 0 spiro atoms. The number of hydrogen-bond acceptors (Lipinski definition) is 2. The number of aromatic nitrogens is 1. The number of nitrogens with one attached hydrogen (secondary N) is 2. The summed E-state index contributed by atoms with van der Waals surface area (Å²) in [6.45, 7) is 2.71. The second kappa shape index (κ2) is 9.92. The fourth-order valence-corrected chi connectivity index (χ4v) is 5.42. The Balaban J connectivity index is 1.43. The van der Waals surface area contributed by atoms with Gasteiger partial charge in [-0.05, 0) is 65.4 Å². The van der Waals surface area contributed by atoms with E-state index in [2.05, 4.69) is 72.0 Å². The van der Waals surface area contributed by atoms with E-state index >= 15 is 0 Å². The van der Waals surface area contributed by atoms with Gasteiger partial charge in [-0.15, -0.1) is 0 Å². The van der Waals surface area contributed by atoms with Crippen LogP contribution in [0.2, 0.25) is 0 Å². The summed E-state index contributed by atoms with van der Waals surface area (Å²) < 4.78 is 0. The molecule has 2 heterocycles. The normalized spacial score (nSPS) is 14.2. The summed E-state index contributed by atoms with van der Waals surface area (Å²) in [6.07, 6.45) is 3.71. The van der Waals surface area contributed by atoms with Gasteiger partial charge in [-0.25, -0.2) is 4.98 Å². The second-order valence-electron chi connectivity index (χ2n) is 9.72. The number of benzene rings is 4. The number of anilines is 1. The first kappa shape index (κ1) is 22.4. The number of rotatable bonds is 5. The van der Waals surface area contributed by atoms with Crippen LogP contribution in [0.5, 0.6) is 0 Å². The van der Waals surface area contributed by atoms with Crippen LogP contribution in [0.1, 0.15) is 19.3 Å². The van der Waals surface area contributed by atoms with Gasteiger partial charge in [-0.1, -0.05) is 72.8 Å². The summed E-state index contributed by atoms with van der Waals surface area (Å²) in [7, 11) is 0. The summed E-state index contributed by atoms with van der Waals surface area (Å²) in [5.41, 5.74) is 6.01. The van der Waals surface area contributed by atoms with Crippen LogP contribution in [0.15, 0.2) is 97.1 Å². The van der Waals surface area contributed by atoms with E-state index < -0.39 is 0 Å². The number of likely N-dealkylation sites (tertiary alicyclic amines) is 1. The first-order chi connectivity index (χ1) is 17.7. The number of carbonyl (C=O) groups is 1. The third kappa shape index (κ3) is 4.60. The van der Waals surface area contributed by atoms with Crippen LogP contribution < -0.4 is 10.2 Å². The Morgan fingerprint density at radius 1 is 0.778 bits per heavy atom. The Morgan fingerprint density at radius 2 is 1.56 bits per heavy atom. The molecule has 0 radical (unpaired) electrons. The Morgan fingerprint density at radius 3 is 2.42 bits per heavy atom. The predicted molar refractivity (Wildman–Crippen MR) is 148 cm³/mol. The Hall–Kier alpha value is -4.02. The maximum absolute atomic E-state index is 12.8. The van der Waals surface area contributed by atoms with E-state index in [9.17, 15) is 4.79 Å². The lowest BCUT2D eigenvalue weighted by atomic mass is 9.94. The van der Waals surface area contributed by atoms with E-state index in [1.54, 1.807) is 0 Å². The summed E-state index contributed by atoms with van der Waals surface area (Å²) >= 11 is 0. The van der Waals surface area contributed by atoms with E-state index in [-0.39, 0.29) is 5.91 Å². The Bertz CT molecular complexity index is 1540. The molecule has 6 rings (SSSR count). The maximum Gasteiger partial charge on any atom is 0.279 e. The minimum absolute atomic E-state index is 0.0825. The number of nitrogens with zero attached hydrogens (tertiary/aromatic N) is 1. The quantitative estimate of drug-likeness (QED) is 0.321. The van der Waals surface area contributed by atoms with E-state index in [1.807, 2.05) is 30.3 Å². The molecule has 2 N–H and O–H groups in total. The molecule has 0 bridgehead atoms. The van der Waals surface area contributed by atoms with Crippen molar-refractivity contribution in [1.82, 2.24) is 4.98 Å². The average Bonchev–Trinajstić information content (AvgIpc) is 2.93. The molecule has 1 aromatic heterocycles. The van der Waals surface area contributed by atoms with Crippen molar-refractivity contribution in [3.63, 3.8) is 0 Å². The molecule has 1 saturated heterocycles. The van der Waals surface area contributed by atoms with Gasteiger partial charge >= 0.3 is 0 Å². The van der Waals surface area contributed by atoms with Gasteiger partial charge in [0.2, 0.25) is 0 Å². The SMILES string of the molecule is O=C(C[NH+]1CCCCC1)Nc1cccc(-c2cc(-c3ccccc3)nc3ccc4ccccc4c23)c1. The van der Waals surface area contributed by atoms with Gasteiger partial charge < -0.3 is 10.2 Å². The van der Waals surface area contributed by atoms with E-state index in [0.717, 1.165) is 52.1 Å². The number of fused-ring (bicyclic) bond motifs is 3. The average molecular weight is 473 g/mol. The second-order valence-corrected chi connectivity index (χ2v) is 9.72. The largest absolute Gasteiger partial charge is 0.327 e. The highest BCUT2D eigenvalue weighted by Crippen LogP contribution is 2.37. The molecule has 1 aliphatic rings. The van der Waals surface area contributed by atoms with Crippen molar-refractivity contribution in [2.24, 2.45) is 0 Å². The Labute approximate surface area is 211 Å². The van der Waals surface area contributed by atoms with Crippen molar-refractivity contribution in [3.8, 4) is 22.4 Å². The number of pyridine rings is 1. The zero-order valence-corrected chi connectivity index (χ0v) is 20.3. The monoisotopic (exact) mass is 472 g/mol. The minimum atomic E-state index is 0.0825. The van der Waals surface area contributed by atoms with Gasteiger partial charge in [0.15, 0.2) is 6.54 Å². The molecule has 178 valence electrons. The predicted octanol–water partition coefficient (Wildman–Crippen LogP) is 5.73. The molecule has 5 aromatic rings. The molecule has 1 amide bonds. The summed E-state index contributed by atoms with van der Waals surface area (Å²) in [6, 6.07) is 33.4. The van der Waals surface area contributed by atoms with E-state index in [1.165, 1.54) is 34.9 Å². The van der Waals surface area contributed by atoms with Gasteiger partial charge in [0.05, 0.1) is 24.3 Å². The third-order valence-electron chi connectivity index (χ3n) is 7.20. The molecule has 1 fully saturated rings. The molecule has 36 heavy (non-hydrogen) atoms. The highest BCUT2D eigenvalue weighted by molar-refractivity contribution is 6.14.